The number of aryl methyl sites for hydroxylation is 2. The number of amides is 1. The molecule has 1 atom stereocenters. The maximum absolute atomic E-state index is 13.1. The van der Waals surface area contributed by atoms with Crippen LogP contribution in [0.3, 0.4) is 0 Å². The summed E-state index contributed by atoms with van der Waals surface area (Å²) >= 11 is 0. The van der Waals surface area contributed by atoms with Crippen molar-refractivity contribution in [3.63, 3.8) is 0 Å². The highest BCUT2D eigenvalue weighted by Crippen LogP contribution is 2.23. The van der Waals surface area contributed by atoms with E-state index in [1.54, 1.807) is 6.20 Å². The van der Waals surface area contributed by atoms with Crippen LogP contribution in [-0.2, 0) is 6.42 Å². The summed E-state index contributed by atoms with van der Waals surface area (Å²) in [6.07, 6.45) is 8.53. The molecular weight excluding hydrogens is 364 g/mol. The van der Waals surface area contributed by atoms with Crippen molar-refractivity contribution in [1.29, 1.82) is 0 Å². The van der Waals surface area contributed by atoms with Crippen molar-refractivity contribution in [2.45, 2.75) is 51.5 Å². The molecule has 1 amide bonds. The van der Waals surface area contributed by atoms with Crippen molar-refractivity contribution in [3.8, 4) is 5.75 Å². The van der Waals surface area contributed by atoms with Crippen molar-refractivity contribution in [3.05, 3.63) is 47.3 Å². The van der Waals surface area contributed by atoms with Gasteiger partial charge in [0.05, 0.1) is 18.4 Å². The summed E-state index contributed by atoms with van der Waals surface area (Å²) in [6.45, 7) is 6.05. The molecule has 0 radical (unpaired) electrons. The summed E-state index contributed by atoms with van der Waals surface area (Å²) in [6, 6.07) is 9.10. The van der Waals surface area contributed by atoms with Gasteiger partial charge in [-0.3, -0.25) is 14.8 Å². The van der Waals surface area contributed by atoms with Crippen molar-refractivity contribution >= 4 is 5.91 Å². The van der Waals surface area contributed by atoms with Crippen LogP contribution in [0.15, 0.2) is 30.5 Å². The van der Waals surface area contributed by atoms with Gasteiger partial charge < -0.3 is 9.64 Å². The number of hydrogen-bond donors (Lipinski definition) is 1. The SMILES string of the molecule is Cc1[nH]ncc1C(=O)N1CCCOc2cccc(c2)CCC2CCCCN2CC1. The number of hydrogen-bond acceptors (Lipinski definition) is 4. The van der Waals surface area contributed by atoms with E-state index in [1.165, 1.54) is 24.8 Å². The number of ether oxygens (including phenoxy) is 1. The van der Waals surface area contributed by atoms with Crippen LogP contribution in [0.25, 0.3) is 0 Å². The number of fused-ring (bicyclic) bond motifs is 3. The van der Waals surface area contributed by atoms with Crippen LogP contribution in [0.4, 0.5) is 0 Å². The molecule has 1 aromatic heterocycles. The fourth-order valence-electron chi connectivity index (χ4n) is 4.55. The van der Waals surface area contributed by atoms with Gasteiger partial charge in [-0.15, -0.1) is 0 Å². The molecule has 0 aliphatic carbocycles. The van der Waals surface area contributed by atoms with Gasteiger partial charge in [-0.1, -0.05) is 18.6 Å². The lowest BCUT2D eigenvalue weighted by Gasteiger charge is -2.37. The highest BCUT2D eigenvalue weighted by Gasteiger charge is 2.25. The Labute approximate surface area is 173 Å². The van der Waals surface area contributed by atoms with Crippen LogP contribution in [0, 0.1) is 6.92 Å². The molecule has 1 N–H and O–H groups in total. The largest absolute Gasteiger partial charge is 0.494 e. The summed E-state index contributed by atoms with van der Waals surface area (Å²) in [4.78, 5) is 17.7. The van der Waals surface area contributed by atoms with Gasteiger partial charge >= 0.3 is 0 Å². The van der Waals surface area contributed by atoms with Gasteiger partial charge in [0.1, 0.15) is 5.75 Å². The highest BCUT2D eigenvalue weighted by molar-refractivity contribution is 5.95. The van der Waals surface area contributed by atoms with E-state index in [0.717, 1.165) is 50.3 Å². The Morgan fingerprint density at radius 3 is 2.93 bits per heavy atom. The maximum Gasteiger partial charge on any atom is 0.257 e. The predicted molar refractivity (Wildman–Crippen MR) is 113 cm³/mol. The average Bonchev–Trinajstić information content (AvgIpc) is 3.17. The highest BCUT2D eigenvalue weighted by atomic mass is 16.5. The molecule has 1 unspecified atom stereocenters. The summed E-state index contributed by atoms with van der Waals surface area (Å²) in [5.74, 6) is 1.00. The Morgan fingerprint density at radius 2 is 2.07 bits per heavy atom. The number of piperidine rings is 1. The first-order valence-electron chi connectivity index (χ1n) is 11.0. The van der Waals surface area contributed by atoms with Crippen molar-refractivity contribution < 1.29 is 9.53 Å². The Bertz CT molecular complexity index is 819. The molecule has 1 fully saturated rings. The number of aromatic amines is 1. The quantitative estimate of drug-likeness (QED) is 0.802. The summed E-state index contributed by atoms with van der Waals surface area (Å²) in [7, 11) is 0. The third kappa shape index (κ3) is 4.99. The lowest BCUT2D eigenvalue weighted by Crippen LogP contribution is -2.45. The van der Waals surface area contributed by atoms with Gasteiger partial charge in [-0.25, -0.2) is 0 Å². The number of H-pyrrole nitrogens is 1. The number of nitrogens with zero attached hydrogens (tertiary/aromatic N) is 3. The monoisotopic (exact) mass is 396 g/mol. The first-order chi connectivity index (χ1) is 14.2. The van der Waals surface area contributed by atoms with Crippen molar-refractivity contribution in [2.75, 3.05) is 32.8 Å². The van der Waals surface area contributed by atoms with Crippen molar-refractivity contribution in [2.24, 2.45) is 0 Å². The van der Waals surface area contributed by atoms with Gasteiger partial charge in [0.25, 0.3) is 5.91 Å². The van der Waals surface area contributed by atoms with E-state index in [0.29, 0.717) is 24.8 Å². The molecule has 0 saturated carbocycles. The van der Waals surface area contributed by atoms with Gasteiger partial charge in [0.15, 0.2) is 0 Å². The van der Waals surface area contributed by atoms with Crippen LogP contribution in [0.1, 0.15) is 53.7 Å². The third-order valence-corrected chi connectivity index (χ3v) is 6.26. The number of carbonyl (C=O) groups excluding carboxylic acids is 1. The Balaban J connectivity index is 1.52. The molecule has 4 rings (SSSR count). The molecule has 2 aliphatic heterocycles. The van der Waals surface area contributed by atoms with Crippen LogP contribution in [0.2, 0.25) is 0 Å². The molecule has 1 aromatic carbocycles. The minimum absolute atomic E-state index is 0.0684. The van der Waals surface area contributed by atoms with Gasteiger partial charge in [-0.05, 0) is 63.3 Å². The van der Waals surface area contributed by atoms with Crippen molar-refractivity contribution in [1.82, 2.24) is 20.0 Å². The molecule has 0 spiro atoms. The Hall–Kier alpha value is -2.34. The van der Waals surface area contributed by atoms with Crippen LogP contribution in [-0.4, -0.2) is 64.7 Å². The van der Waals surface area contributed by atoms with E-state index >= 15 is 0 Å². The summed E-state index contributed by atoms with van der Waals surface area (Å²) in [5, 5.41) is 6.92. The number of rotatable bonds is 1. The maximum atomic E-state index is 13.1. The molecular formula is C23H32N4O2. The molecule has 6 nitrogen and oxygen atoms in total. The Kier molecular flexibility index (Phi) is 6.49. The second-order valence-corrected chi connectivity index (χ2v) is 8.27. The molecule has 6 heteroatoms. The van der Waals surface area contributed by atoms with E-state index in [-0.39, 0.29) is 5.91 Å². The minimum atomic E-state index is 0.0684. The zero-order valence-electron chi connectivity index (χ0n) is 17.4. The Morgan fingerprint density at radius 1 is 1.14 bits per heavy atom. The van der Waals surface area contributed by atoms with E-state index in [4.69, 9.17) is 4.74 Å². The minimum Gasteiger partial charge on any atom is -0.494 e. The number of benzene rings is 1. The fourth-order valence-corrected chi connectivity index (χ4v) is 4.55. The molecule has 2 aromatic rings. The van der Waals surface area contributed by atoms with Crippen LogP contribution < -0.4 is 4.74 Å². The zero-order valence-corrected chi connectivity index (χ0v) is 17.4. The standard InChI is InChI=1S/C23H32N4O2/c1-18-22(17-24-25-18)23(28)27-12-5-15-29-21-8-4-6-19(16-21)9-10-20-7-2-3-11-26(20)13-14-27/h4,6,8,16-17,20H,2-3,5,7,9-15H2,1H3,(H,24,25). The molecule has 156 valence electrons. The second kappa shape index (κ2) is 9.44. The normalized spacial score (nSPS) is 21.7. The first kappa shape index (κ1) is 20.0. The third-order valence-electron chi connectivity index (χ3n) is 6.26. The van der Waals surface area contributed by atoms with Gasteiger partial charge in [0.2, 0.25) is 0 Å². The zero-order chi connectivity index (χ0) is 20.1. The lowest BCUT2D eigenvalue weighted by molar-refractivity contribution is 0.0682. The van der Waals surface area contributed by atoms with Crippen LogP contribution >= 0.6 is 0 Å². The molecule has 3 heterocycles. The van der Waals surface area contributed by atoms with Gasteiger partial charge in [0, 0.05) is 31.4 Å². The van der Waals surface area contributed by atoms with Gasteiger partial charge in [-0.2, -0.15) is 5.10 Å². The molecule has 2 aliphatic rings. The number of carbonyl (C=O) groups is 1. The van der Waals surface area contributed by atoms with E-state index in [1.807, 2.05) is 17.9 Å². The topological polar surface area (TPSA) is 61.5 Å². The summed E-state index contributed by atoms with van der Waals surface area (Å²) in [5.41, 5.74) is 2.87. The van der Waals surface area contributed by atoms with E-state index < -0.39 is 0 Å². The van der Waals surface area contributed by atoms with E-state index in [2.05, 4.69) is 33.3 Å². The second-order valence-electron chi connectivity index (χ2n) is 8.27. The number of nitrogens with one attached hydrogen (secondary N) is 1. The summed E-state index contributed by atoms with van der Waals surface area (Å²) < 4.78 is 5.97. The molecule has 29 heavy (non-hydrogen) atoms. The lowest BCUT2D eigenvalue weighted by atomic mass is 9.95. The molecule has 1 saturated heterocycles. The van der Waals surface area contributed by atoms with E-state index in [9.17, 15) is 4.79 Å². The average molecular weight is 397 g/mol. The first-order valence-corrected chi connectivity index (χ1v) is 11.0. The smallest absolute Gasteiger partial charge is 0.257 e. The predicted octanol–water partition coefficient (Wildman–Crippen LogP) is 3.43. The molecule has 2 bridgehead atoms. The fraction of sp³-hybridized carbons (Fsp3) is 0.565. The van der Waals surface area contributed by atoms with Crippen LogP contribution in [0.5, 0.6) is 5.75 Å². The number of aromatic nitrogens is 2.